The molecule has 1 aromatic rings. The third-order valence-electron chi connectivity index (χ3n) is 2.33. The maximum atomic E-state index is 6.12. The van der Waals surface area contributed by atoms with Crippen LogP contribution < -0.4 is 5.73 Å². The molecule has 0 amide bonds. The summed E-state index contributed by atoms with van der Waals surface area (Å²) in [7, 11) is 0. The van der Waals surface area contributed by atoms with Gasteiger partial charge >= 0.3 is 0 Å². The summed E-state index contributed by atoms with van der Waals surface area (Å²) >= 11 is 5.20. The number of nitrogens with two attached hydrogens (primary N) is 1. The first-order chi connectivity index (χ1) is 7.17. The molecule has 0 aliphatic rings. The van der Waals surface area contributed by atoms with E-state index in [1.807, 2.05) is 6.92 Å². The van der Waals surface area contributed by atoms with Gasteiger partial charge in [-0.1, -0.05) is 6.92 Å². The topological polar surface area (TPSA) is 35.2 Å². The van der Waals surface area contributed by atoms with E-state index in [4.69, 9.17) is 10.5 Å². The maximum absolute atomic E-state index is 6.12. The van der Waals surface area contributed by atoms with Crippen molar-refractivity contribution in [3.05, 3.63) is 20.8 Å². The second kappa shape index (κ2) is 6.63. The highest BCUT2D eigenvalue weighted by Crippen LogP contribution is 2.23. The van der Waals surface area contributed by atoms with Gasteiger partial charge in [0.05, 0.1) is 9.89 Å². The molecule has 0 spiro atoms. The zero-order valence-electron chi connectivity index (χ0n) is 9.20. The van der Waals surface area contributed by atoms with Crippen LogP contribution in [-0.4, -0.2) is 18.8 Å². The Morgan fingerprint density at radius 3 is 2.67 bits per heavy atom. The van der Waals surface area contributed by atoms with Gasteiger partial charge in [-0.3, -0.25) is 0 Å². The Hall–Kier alpha value is 0.1000. The summed E-state index contributed by atoms with van der Waals surface area (Å²) < 4.78 is 6.76. The van der Waals surface area contributed by atoms with Crippen molar-refractivity contribution in [2.75, 3.05) is 6.61 Å². The van der Waals surface area contributed by atoms with Crippen LogP contribution in [0.15, 0.2) is 15.9 Å². The van der Waals surface area contributed by atoms with Gasteiger partial charge in [0.25, 0.3) is 0 Å². The minimum atomic E-state index is 0.0977. The zero-order chi connectivity index (χ0) is 11.3. The molecule has 1 aromatic heterocycles. The summed E-state index contributed by atoms with van der Waals surface area (Å²) in [5, 5.41) is 0. The van der Waals surface area contributed by atoms with Crippen molar-refractivity contribution in [3.8, 4) is 0 Å². The van der Waals surface area contributed by atoms with E-state index in [0.717, 1.165) is 23.2 Å². The SMILES string of the molecule is CCOC(CC)C(N)Cc1ccc(Br)s1. The van der Waals surface area contributed by atoms with Gasteiger partial charge in [-0.15, -0.1) is 11.3 Å². The number of thiophene rings is 1. The summed E-state index contributed by atoms with van der Waals surface area (Å²) in [5.41, 5.74) is 6.12. The van der Waals surface area contributed by atoms with Gasteiger partial charge in [-0.25, -0.2) is 0 Å². The van der Waals surface area contributed by atoms with Gasteiger partial charge in [-0.2, -0.15) is 0 Å². The molecule has 0 aliphatic carbocycles. The van der Waals surface area contributed by atoms with Crippen molar-refractivity contribution in [2.24, 2.45) is 5.73 Å². The van der Waals surface area contributed by atoms with E-state index < -0.39 is 0 Å². The third kappa shape index (κ3) is 4.23. The lowest BCUT2D eigenvalue weighted by Gasteiger charge is -2.21. The molecular formula is C11H18BrNOS. The summed E-state index contributed by atoms with van der Waals surface area (Å²) in [4.78, 5) is 1.31. The van der Waals surface area contributed by atoms with E-state index in [-0.39, 0.29) is 12.1 Å². The minimum Gasteiger partial charge on any atom is -0.377 e. The Labute approximate surface area is 104 Å². The molecule has 86 valence electrons. The Morgan fingerprint density at radius 1 is 1.47 bits per heavy atom. The van der Waals surface area contributed by atoms with Crippen LogP contribution in [0.5, 0.6) is 0 Å². The molecule has 1 rings (SSSR count). The molecular weight excluding hydrogens is 274 g/mol. The van der Waals surface area contributed by atoms with Crippen molar-refractivity contribution < 1.29 is 4.74 Å². The lowest BCUT2D eigenvalue weighted by atomic mass is 10.1. The van der Waals surface area contributed by atoms with Gasteiger partial charge in [0, 0.05) is 17.5 Å². The highest BCUT2D eigenvalue weighted by atomic mass is 79.9. The molecule has 2 atom stereocenters. The smallest absolute Gasteiger partial charge is 0.0726 e. The van der Waals surface area contributed by atoms with Crippen LogP contribution in [0.4, 0.5) is 0 Å². The third-order valence-corrected chi connectivity index (χ3v) is 3.97. The second-order valence-electron chi connectivity index (χ2n) is 3.48. The van der Waals surface area contributed by atoms with E-state index >= 15 is 0 Å². The first-order valence-corrected chi connectivity index (χ1v) is 6.89. The van der Waals surface area contributed by atoms with Gasteiger partial charge in [0.15, 0.2) is 0 Å². The number of ether oxygens (including phenoxy) is 1. The van der Waals surface area contributed by atoms with Crippen LogP contribution in [-0.2, 0) is 11.2 Å². The van der Waals surface area contributed by atoms with Crippen LogP contribution in [0.3, 0.4) is 0 Å². The van der Waals surface area contributed by atoms with Crippen LogP contribution in [0.25, 0.3) is 0 Å². The summed E-state index contributed by atoms with van der Waals surface area (Å²) in [6.07, 6.45) is 2.05. The van der Waals surface area contributed by atoms with Crippen molar-refractivity contribution in [1.82, 2.24) is 0 Å². The number of hydrogen-bond acceptors (Lipinski definition) is 3. The molecule has 1 heterocycles. The highest BCUT2D eigenvalue weighted by Gasteiger charge is 2.17. The van der Waals surface area contributed by atoms with Gasteiger partial charge in [0.1, 0.15) is 0 Å². The second-order valence-corrected chi connectivity index (χ2v) is 6.02. The van der Waals surface area contributed by atoms with E-state index in [1.54, 1.807) is 11.3 Å². The first-order valence-electron chi connectivity index (χ1n) is 5.28. The summed E-state index contributed by atoms with van der Waals surface area (Å²) in [6.45, 7) is 4.86. The molecule has 0 aliphatic heterocycles. The Balaban J connectivity index is 2.49. The fourth-order valence-corrected chi connectivity index (χ4v) is 3.14. The minimum absolute atomic E-state index is 0.0977. The van der Waals surface area contributed by atoms with Crippen molar-refractivity contribution in [1.29, 1.82) is 0 Å². The largest absolute Gasteiger partial charge is 0.377 e. The van der Waals surface area contributed by atoms with Gasteiger partial charge in [0.2, 0.25) is 0 Å². The van der Waals surface area contributed by atoms with E-state index in [9.17, 15) is 0 Å². The lowest BCUT2D eigenvalue weighted by molar-refractivity contribution is 0.0419. The van der Waals surface area contributed by atoms with Crippen LogP contribution >= 0.6 is 27.3 Å². The van der Waals surface area contributed by atoms with Crippen LogP contribution in [0, 0.1) is 0 Å². The molecule has 4 heteroatoms. The monoisotopic (exact) mass is 291 g/mol. The predicted octanol–water partition coefficient (Wildman–Crippen LogP) is 3.20. The van der Waals surface area contributed by atoms with Crippen LogP contribution in [0.2, 0.25) is 0 Å². The van der Waals surface area contributed by atoms with Crippen LogP contribution in [0.1, 0.15) is 25.1 Å². The Morgan fingerprint density at radius 2 is 2.20 bits per heavy atom. The first kappa shape index (κ1) is 13.2. The van der Waals surface area contributed by atoms with Crippen molar-refractivity contribution in [2.45, 2.75) is 38.8 Å². The molecule has 0 saturated carbocycles. The molecule has 0 fully saturated rings. The fraction of sp³-hybridized carbons (Fsp3) is 0.636. The average molecular weight is 292 g/mol. The van der Waals surface area contributed by atoms with Gasteiger partial charge in [-0.05, 0) is 47.8 Å². The summed E-state index contributed by atoms with van der Waals surface area (Å²) in [5.74, 6) is 0. The zero-order valence-corrected chi connectivity index (χ0v) is 11.6. The predicted molar refractivity (Wildman–Crippen MR) is 69.4 cm³/mol. The normalized spacial score (nSPS) is 15.2. The van der Waals surface area contributed by atoms with E-state index in [1.165, 1.54) is 4.88 Å². The Kier molecular flexibility index (Phi) is 5.82. The Bertz CT molecular complexity index is 290. The van der Waals surface area contributed by atoms with Gasteiger partial charge < -0.3 is 10.5 Å². The molecule has 2 nitrogen and oxygen atoms in total. The lowest BCUT2D eigenvalue weighted by Crippen LogP contribution is -2.38. The maximum Gasteiger partial charge on any atom is 0.0726 e. The average Bonchev–Trinajstić information content (AvgIpc) is 2.60. The standard InChI is InChI=1S/C11H18BrNOS/c1-3-10(14-4-2)9(13)7-8-5-6-11(12)15-8/h5-6,9-10H,3-4,7,13H2,1-2H3. The number of rotatable bonds is 6. The molecule has 2 N–H and O–H groups in total. The molecule has 0 saturated heterocycles. The molecule has 0 radical (unpaired) electrons. The molecule has 0 bridgehead atoms. The summed E-state index contributed by atoms with van der Waals surface area (Å²) in [6, 6.07) is 4.28. The van der Waals surface area contributed by atoms with Crippen molar-refractivity contribution in [3.63, 3.8) is 0 Å². The quantitative estimate of drug-likeness (QED) is 0.874. The van der Waals surface area contributed by atoms with E-state index in [0.29, 0.717) is 0 Å². The molecule has 2 unspecified atom stereocenters. The van der Waals surface area contributed by atoms with E-state index in [2.05, 4.69) is 35.0 Å². The highest BCUT2D eigenvalue weighted by molar-refractivity contribution is 9.11. The number of halogens is 1. The number of hydrogen-bond donors (Lipinski definition) is 1. The fourth-order valence-electron chi connectivity index (χ4n) is 1.58. The van der Waals surface area contributed by atoms with Crippen molar-refractivity contribution >= 4 is 27.3 Å². The molecule has 0 aromatic carbocycles. The molecule has 15 heavy (non-hydrogen) atoms.